The Kier molecular flexibility index (Phi) is 6.06. The summed E-state index contributed by atoms with van der Waals surface area (Å²) in [5.41, 5.74) is 0.993. The van der Waals surface area contributed by atoms with Crippen molar-refractivity contribution in [2.24, 2.45) is 0 Å². The molecule has 2 aromatic rings. The molecule has 0 radical (unpaired) electrons. The molecular formula is C21H23F2NO3. The predicted octanol–water partition coefficient (Wildman–Crippen LogP) is 4.36. The summed E-state index contributed by atoms with van der Waals surface area (Å²) in [5, 5.41) is 0. The number of halogens is 2. The van der Waals surface area contributed by atoms with Crippen molar-refractivity contribution in [2.45, 2.75) is 31.9 Å². The molecule has 27 heavy (non-hydrogen) atoms. The highest BCUT2D eigenvalue weighted by molar-refractivity contribution is 5.94. The van der Waals surface area contributed by atoms with Crippen LogP contribution in [0.25, 0.3) is 0 Å². The molecule has 2 aromatic carbocycles. The lowest BCUT2D eigenvalue weighted by Crippen LogP contribution is -2.29. The Bertz CT molecular complexity index is 806. The minimum atomic E-state index is -0.926. The molecule has 0 aliphatic carbocycles. The third kappa shape index (κ3) is 4.63. The molecule has 1 aliphatic rings. The number of hydrogen-bond donors (Lipinski definition) is 0. The van der Waals surface area contributed by atoms with Crippen LogP contribution in [0.3, 0.4) is 0 Å². The molecule has 2 atom stereocenters. The van der Waals surface area contributed by atoms with Crippen LogP contribution < -0.4 is 4.74 Å². The maximum absolute atomic E-state index is 13.5. The van der Waals surface area contributed by atoms with Crippen LogP contribution in [0, 0.1) is 11.6 Å². The fraction of sp³-hybridized carbons (Fsp3) is 0.381. The maximum Gasteiger partial charge on any atom is 0.254 e. The van der Waals surface area contributed by atoms with Gasteiger partial charge in [-0.3, -0.25) is 4.79 Å². The molecule has 1 fully saturated rings. The van der Waals surface area contributed by atoms with Crippen LogP contribution in [0.15, 0.2) is 42.5 Å². The highest BCUT2D eigenvalue weighted by atomic mass is 19.2. The van der Waals surface area contributed by atoms with E-state index in [0.717, 1.165) is 31.6 Å². The van der Waals surface area contributed by atoms with Gasteiger partial charge in [0, 0.05) is 19.2 Å². The van der Waals surface area contributed by atoms with E-state index in [2.05, 4.69) is 0 Å². The first-order valence-corrected chi connectivity index (χ1v) is 9.02. The molecule has 4 nitrogen and oxygen atoms in total. The van der Waals surface area contributed by atoms with Crippen LogP contribution in [0.1, 0.15) is 41.7 Å². The van der Waals surface area contributed by atoms with E-state index in [9.17, 15) is 13.6 Å². The van der Waals surface area contributed by atoms with Crippen molar-refractivity contribution in [1.82, 2.24) is 4.90 Å². The average molecular weight is 375 g/mol. The molecule has 0 saturated carbocycles. The van der Waals surface area contributed by atoms with E-state index in [0.29, 0.717) is 23.5 Å². The van der Waals surface area contributed by atoms with Crippen molar-refractivity contribution in [2.75, 3.05) is 20.3 Å². The number of carbonyl (C=O) groups excluding carboxylic acids is 1. The van der Waals surface area contributed by atoms with E-state index in [1.54, 1.807) is 38.2 Å². The lowest BCUT2D eigenvalue weighted by atomic mass is 10.1. The Labute approximate surface area is 157 Å². The van der Waals surface area contributed by atoms with Gasteiger partial charge in [0.05, 0.1) is 12.1 Å². The second kappa shape index (κ2) is 8.48. The molecule has 0 spiro atoms. The van der Waals surface area contributed by atoms with Gasteiger partial charge in [0.1, 0.15) is 12.4 Å². The molecule has 6 heteroatoms. The minimum absolute atomic E-state index is 0.0976. The maximum atomic E-state index is 13.5. The first-order valence-electron chi connectivity index (χ1n) is 9.02. The van der Waals surface area contributed by atoms with Gasteiger partial charge >= 0.3 is 0 Å². The Morgan fingerprint density at radius 1 is 1.26 bits per heavy atom. The monoisotopic (exact) mass is 375 g/mol. The number of rotatable bonds is 6. The van der Waals surface area contributed by atoms with Crippen molar-refractivity contribution in [3.63, 3.8) is 0 Å². The average Bonchev–Trinajstić information content (AvgIpc) is 3.20. The van der Waals surface area contributed by atoms with E-state index >= 15 is 0 Å². The normalized spacial score (nSPS) is 17.6. The molecule has 2 unspecified atom stereocenters. The third-order valence-electron chi connectivity index (χ3n) is 4.87. The molecule has 1 saturated heterocycles. The summed E-state index contributed by atoms with van der Waals surface area (Å²) in [6.07, 6.45) is 2.12. The minimum Gasteiger partial charge on any atom is -0.491 e. The van der Waals surface area contributed by atoms with Gasteiger partial charge in [0.2, 0.25) is 0 Å². The molecule has 144 valence electrons. The van der Waals surface area contributed by atoms with E-state index < -0.39 is 17.7 Å². The third-order valence-corrected chi connectivity index (χ3v) is 4.87. The summed E-state index contributed by atoms with van der Waals surface area (Å²) < 4.78 is 37.9. The largest absolute Gasteiger partial charge is 0.491 e. The Morgan fingerprint density at radius 3 is 2.78 bits per heavy atom. The van der Waals surface area contributed by atoms with Gasteiger partial charge in [-0.1, -0.05) is 12.1 Å². The lowest BCUT2D eigenvalue weighted by molar-refractivity contribution is 0.0677. The first-order chi connectivity index (χ1) is 13.0. The van der Waals surface area contributed by atoms with Crippen LogP contribution in [-0.4, -0.2) is 37.2 Å². The highest BCUT2D eigenvalue weighted by Gasteiger charge is 2.21. The van der Waals surface area contributed by atoms with Crippen LogP contribution in [0.2, 0.25) is 0 Å². The second-order valence-corrected chi connectivity index (χ2v) is 6.74. The van der Waals surface area contributed by atoms with Crippen LogP contribution in [0.5, 0.6) is 5.75 Å². The molecule has 0 N–H and O–H groups in total. The zero-order chi connectivity index (χ0) is 19.4. The smallest absolute Gasteiger partial charge is 0.254 e. The van der Waals surface area contributed by atoms with E-state index in [1.165, 1.54) is 11.0 Å². The quantitative estimate of drug-likeness (QED) is 0.753. The summed E-state index contributed by atoms with van der Waals surface area (Å²) in [5.74, 6) is -1.46. The number of nitrogens with zero attached hydrogens (tertiary/aromatic N) is 1. The highest BCUT2D eigenvalue weighted by Crippen LogP contribution is 2.24. The van der Waals surface area contributed by atoms with Gasteiger partial charge in [-0.05, 0) is 55.7 Å². The van der Waals surface area contributed by atoms with Gasteiger partial charge in [-0.15, -0.1) is 0 Å². The zero-order valence-electron chi connectivity index (χ0n) is 15.5. The van der Waals surface area contributed by atoms with Gasteiger partial charge in [-0.2, -0.15) is 0 Å². The molecule has 1 heterocycles. The molecule has 3 rings (SSSR count). The van der Waals surface area contributed by atoms with Gasteiger partial charge in [0.15, 0.2) is 11.6 Å². The molecule has 1 amide bonds. The number of hydrogen-bond acceptors (Lipinski definition) is 3. The van der Waals surface area contributed by atoms with Gasteiger partial charge in [-0.25, -0.2) is 8.78 Å². The van der Waals surface area contributed by atoms with Crippen molar-refractivity contribution in [3.05, 3.63) is 65.2 Å². The standard InChI is InChI=1S/C21H23F2NO3/c1-14(15-8-9-19(22)20(23)12-15)24(2)21(25)16-5-3-6-17(11-16)27-13-18-7-4-10-26-18/h3,5-6,8-9,11-12,14,18H,4,7,10,13H2,1-2H3. The fourth-order valence-electron chi connectivity index (χ4n) is 3.06. The number of carbonyl (C=O) groups is 1. The summed E-state index contributed by atoms with van der Waals surface area (Å²) in [7, 11) is 1.63. The molecule has 0 bridgehead atoms. The Hall–Kier alpha value is -2.47. The number of ether oxygens (including phenoxy) is 2. The summed E-state index contributed by atoms with van der Waals surface area (Å²) >= 11 is 0. The predicted molar refractivity (Wildman–Crippen MR) is 97.8 cm³/mol. The summed E-state index contributed by atoms with van der Waals surface area (Å²) in [4.78, 5) is 14.3. The Morgan fingerprint density at radius 2 is 2.07 bits per heavy atom. The second-order valence-electron chi connectivity index (χ2n) is 6.74. The van der Waals surface area contributed by atoms with E-state index in [4.69, 9.17) is 9.47 Å². The van der Waals surface area contributed by atoms with Crippen molar-refractivity contribution in [1.29, 1.82) is 0 Å². The molecular weight excluding hydrogens is 352 g/mol. The van der Waals surface area contributed by atoms with Gasteiger partial charge < -0.3 is 14.4 Å². The summed E-state index contributed by atoms with van der Waals surface area (Å²) in [6, 6.07) is 10.2. The topological polar surface area (TPSA) is 38.8 Å². The van der Waals surface area contributed by atoms with Crippen LogP contribution >= 0.6 is 0 Å². The molecule has 1 aliphatic heterocycles. The van der Waals surface area contributed by atoms with E-state index in [1.807, 2.05) is 0 Å². The number of amides is 1. The van der Waals surface area contributed by atoms with Crippen molar-refractivity contribution in [3.8, 4) is 5.75 Å². The van der Waals surface area contributed by atoms with E-state index in [-0.39, 0.29) is 12.0 Å². The zero-order valence-corrected chi connectivity index (χ0v) is 15.5. The van der Waals surface area contributed by atoms with Crippen LogP contribution in [0.4, 0.5) is 8.78 Å². The first kappa shape index (κ1) is 19.3. The Balaban J connectivity index is 1.68. The fourth-order valence-corrected chi connectivity index (χ4v) is 3.06. The van der Waals surface area contributed by atoms with Crippen LogP contribution in [-0.2, 0) is 4.74 Å². The van der Waals surface area contributed by atoms with Crippen molar-refractivity contribution >= 4 is 5.91 Å². The number of benzene rings is 2. The van der Waals surface area contributed by atoms with Gasteiger partial charge in [0.25, 0.3) is 5.91 Å². The lowest BCUT2D eigenvalue weighted by Gasteiger charge is -2.25. The SMILES string of the molecule is CC(c1ccc(F)c(F)c1)N(C)C(=O)c1cccc(OCC2CCCO2)c1. The van der Waals surface area contributed by atoms with Crippen molar-refractivity contribution < 1.29 is 23.0 Å². The molecule has 0 aromatic heterocycles. The summed E-state index contributed by atoms with van der Waals surface area (Å²) in [6.45, 7) is 2.99.